The molecule has 54 valence electrons. The van der Waals surface area contributed by atoms with Gasteiger partial charge in [-0.2, -0.15) is 0 Å². The predicted molar refractivity (Wildman–Crippen MR) is 36.2 cm³/mol. The Labute approximate surface area is 61.4 Å². The van der Waals surface area contributed by atoms with Crippen LogP contribution in [0.5, 0.6) is 0 Å². The van der Waals surface area contributed by atoms with E-state index in [1.165, 1.54) is 13.2 Å². The lowest BCUT2D eigenvalue weighted by molar-refractivity contribution is 0.107. The van der Waals surface area contributed by atoms with Gasteiger partial charge in [-0.15, -0.1) is 0 Å². The highest BCUT2D eigenvalue weighted by atomic mass is 35.5. The second kappa shape index (κ2) is 2.30. The zero-order valence-corrected chi connectivity index (χ0v) is 5.97. The van der Waals surface area contributed by atoms with Gasteiger partial charge in [-0.25, -0.2) is 4.79 Å². The molecular weight excluding hydrogens is 156 g/mol. The van der Waals surface area contributed by atoms with E-state index in [9.17, 15) is 9.59 Å². The number of carbonyl (C=O) groups is 1. The summed E-state index contributed by atoms with van der Waals surface area (Å²) in [5.74, 6) is 0. The molecule has 1 N–H and O–H groups in total. The normalized spacial score (nSPS) is 9.80. The van der Waals surface area contributed by atoms with Gasteiger partial charge in [-0.3, -0.25) is 9.36 Å². The highest BCUT2D eigenvalue weighted by Gasteiger charge is 2.06. The molecule has 4 nitrogen and oxygen atoms in total. The number of hydrogen-bond acceptors (Lipinski definition) is 2. The average Bonchev–Trinajstić information content (AvgIpc) is 2.14. The van der Waals surface area contributed by atoms with Crippen molar-refractivity contribution in [2.75, 3.05) is 0 Å². The molecule has 1 aromatic heterocycles. The number of rotatable bonds is 1. The summed E-state index contributed by atoms with van der Waals surface area (Å²) >= 11 is 5.10. The molecule has 1 heterocycles. The number of H-pyrrole nitrogens is 1. The summed E-state index contributed by atoms with van der Waals surface area (Å²) in [4.78, 5) is 23.4. The second-order valence-corrected chi connectivity index (χ2v) is 2.16. The molecule has 0 fully saturated rings. The van der Waals surface area contributed by atoms with E-state index in [0.29, 0.717) is 0 Å². The Kier molecular flexibility index (Phi) is 1.63. The Morgan fingerprint density at radius 1 is 1.80 bits per heavy atom. The Bertz CT molecular complexity index is 312. The van der Waals surface area contributed by atoms with E-state index in [1.807, 2.05) is 0 Å². The number of carbonyl (C=O) groups excluding carboxylic acids is 1. The van der Waals surface area contributed by atoms with Crippen LogP contribution in [-0.4, -0.2) is 14.8 Å². The molecular formula is C5H5ClN2O2. The van der Waals surface area contributed by atoms with Crippen molar-refractivity contribution in [2.24, 2.45) is 7.05 Å². The third-order valence-corrected chi connectivity index (χ3v) is 1.39. The fraction of sp³-hybridized carbons (Fsp3) is 0.200. The van der Waals surface area contributed by atoms with Crippen LogP contribution in [0.3, 0.4) is 0 Å². The molecule has 1 rings (SSSR count). The lowest BCUT2D eigenvalue weighted by Gasteiger charge is -1.89. The molecule has 0 radical (unpaired) electrons. The zero-order chi connectivity index (χ0) is 7.72. The van der Waals surface area contributed by atoms with E-state index in [2.05, 4.69) is 4.98 Å². The molecule has 0 saturated carbocycles. The molecule has 0 aliphatic carbocycles. The van der Waals surface area contributed by atoms with Crippen LogP contribution in [0.25, 0.3) is 0 Å². The molecule has 5 heteroatoms. The molecule has 0 unspecified atom stereocenters. The van der Waals surface area contributed by atoms with Crippen LogP contribution in [0.15, 0.2) is 11.0 Å². The molecule has 0 aromatic carbocycles. The number of imidazole rings is 1. The molecule has 0 atom stereocenters. The van der Waals surface area contributed by atoms with Gasteiger partial charge in [0, 0.05) is 13.2 Å². The first-order chi connectivity index (χ1) is 4.63. The van der Waals surface area contributed by atoms with Crippen molar-refractivity contribution in [3.8, 4) is 0 Å². The number of halogens is 1. The van der Waals surface area contributed by atoms with Crippen LogP contribution >= 0.6 is 11.6 Å². The summed E-state index contributed by atoms with van der Waals surface area (Å²) in [5.41, 5.74) is -0.171. The highest BCUT2D eigenvalue weighted by Crippen LogP contribution is 1.96. The minimum Gasteiger partial charge on any atom is -0.312 e. The minimum atomic E-state index is -0.638. The number of nitrogens with zero attached hydrogens (tertiary/aromatic N) is 1. The molecule has 0 spiro atoms. The summed E-state index contributed by atoms with van der Waals surface area (Å²) in [7, 11) is 1.47. The largest absolute Gasteiger partial charge is 0.325 e. The summed E-state index contributed by atoms with van der Waals surface area (Å²) in [6.07, 6.45) is 1.28. The van der Waals surface area contributed by atoms with Crippen molar-refractivity contribution in [3.63, 3.8) is 0 Å². The van der Waals surface area contributed by atoms with E-state index in [0.717, 1.165) is 4.57 Å². The number of aromatic amines is 1. The van der Waals surface area contributed by atoms with Crippen LogP contribution in [0, 0.1) is 0 Å². The maximum atomic E-state index is 10.6. The van der Waals surface area contributed by atoms with Gasteiger partial charge in [-0.1, -0.05) is 0 Å². The SMILES string of the molecule is Cn1c(C(=O)Cl)c[nH]c1=O. The fourth-order valence-electron chi connectivity index (χ4n) is 0.622. The monoisotopic (exact) mass is 160 g/mol. The number of hydrogen-bond donors (Lipinski definition) is 1. The maximum absolute atomic E-state index is 10.6. The summed E-state index contributed by atoms with van der Waals surface area (Å²) in [6, 6.07) is 0. The standard InChI is InChI=1S/C5H5ClN2O2/c1-8-3(4(6)9)2-7-5(8)10/h2H,1H3,(H,7,10). The van der Waals surface area contributed by atoms with E-state index in [-0.39, 0.29) is 11.4 Å². The van der Waals surface area contributed by atoms with Gasteiger partial charge in [0.15, 0.2) is 0 Å². The molecule has 0 aliphatic rings. The lowest BCUT2D eigenvalue weighted by Crippen LogP contribution is -2.15. The van der Waals surface area contributed by atoms with Crippen molar-refractivity contribution < 1.29 is 4.79 Å². The first-order valence-corrected chi connectivity index (χ1v) is 2.95. The molecule has 1 aromatic rings. The van der Waals surface area contributed by atoms with Gasteiger partial charge < -0.3 is 4.98 Å². The Morgan fingerprint density at radius 3 is 2.60 bits per heavy atom. The van der Waals surface area contributed by atoms with Crippen molar-refractivity contribution in [1.29, 1.82) is 0 Å². The molecule has 10 heavy (non-hydrogen) atoms. The van der Waals surface area contributed by atoms with Crippen LogP contribution in [0.1, 0.15) is 10.5 Å². The van der Waals surface area contributed by atoms with E-state index >= 15 is 0 Å². The molecule has 0 saturated heterocycles. The van der Waals surface area contributed by atoms with E-state index in [1.54, 1.807) is 0 Å². The Balaban J connectivity index is 3.31. The van der Waals surface area contributed by atoms with Gasteiger partial charge in [0.05, 0.1) is 0 Å². The Hall–Kier alpha value is -1.03. The van der Waals surface area contributed by atoms with E-state index < -0.39 is 5.24 Å². The number of nitrogens with one attached hydrogen (secondary N) is 1. The van der Waals surface area contributed by atoms with Crippen molar-refractivity contribution in [1.82, 2.24) is 9.55 Å². The van der Waals surface area contributed by atoms with Crippen molar-refractivity contribution >= 4 is 16.8 Å². The van der Waals surface area contributed by atoms with Crippen LogP contribution in [0.2, 0.25) is 0 Å². The quantitative estimate of drug-likeness (QED) is 0.592. The first kappa shape index (κ1) is 7.08. The third kappa shape index (κ3) is 0.974. The average molecular weight is 161 g/mol. The van der Waals surface area contributed by atoms with Crippen molar-refractivity contribution in [3.05, 3.63) is 22.4 Å². The van der Waals surface area contributed by atoms with Gasteiger partial charge in [0.2, 0.25) is 0 Å². The summed E-state index contributed by atoms with van der Waals surface area (Å²) < 4.78 is 1.15. The van der Waals surface area contributed by atoms with Crippen molar-refractivity contribution in [2.45, 2.75) is 0 Å². The molecule has 0 aliphatic heterocycles. The topological polar surface area (TPSA) is 54.9 Å². The Morgan fingerprint density at radius 2 is 2.40 bits per heavy atom. The zero-order valence-electron chi connectivity index (χ0n) is 5.22. The smallest absolute Gasteiger partial charge is 0.312 e. The van der Waals surface area contributed by atoms with Gasteiger partial charge in [0.25, 0.3) is 5.24 Å². The highest BCUT2D eigenvalue weighted by molar-refractivity contribution is 6.67. The fourth-order valence-corrected chi connectivity index (χ4v) is 0.803. The minimum absolute atomic E-state index is 0.173. The van der Waals surface area contributed by atoms with Crippen LogP contribution < -0.4 is 5.69 Å². The second-order valence-electron chi connectivity index (χ2n) is 1.81. The van der Waals surface area contributed by atoms with Gasteiger partial charge in [-0.05, 0) is 11.6 Å². The maximum Gasteiger partial charge on any atom is 0.325 e. The van der Waals surface area contributed by atoms with Crippen LogP contribution in [0.4, 0.5) is 0 Å². The first-order valence-electron chi connectivity index (χ1n) is 2.57. The predicted octanol–water partition coefficient (Wildman–Crippen LogP) is 0.0924. The lowest BCUT2D eigenvalue weighted by atomic mass is 10.5. The van der Waals surface area contributed by atoms with Crippen LogP contribution in [-0.2, 0) is 7.05 Å². The summed E-state index contributed by atoms with van der Waals surface area (Å²) in [6.45, 7) is 0. The third-order valence-electron chi connectivity index (χ3n) is 1.20. The van der Waals surface area contributed by atoms with Gasteiger partial charge >= 0.3 is 5.69 Å². The number of aromatic nitrogens is 2. The van der Waals surface area contributed by atoms with Gasteiger partial charge in [0.1, 0.15) is 5.69 Å². The molecule has 0 amide bonds. The van der Waals surface area contributed by atoms with E-state index in [4.69, 9.17) is 11.6 Å². The summed E-state index contributed by atoms with van der Waals surface area (Å²) in [5, 5.41) is -0.638. The molecule has 0 bridgehead atoms.